The molecule has 1 saturated carbocycles. The summed E-state index contributed by atoms with van der Waals surface area (Å²) in [6.07, 6.45) is 2.53. The maximum atomic E-state index is 12.8. The fourth-order valence-electron chi connectivity index (χ4n) is 3.05. The van der Waals surface area contributed by atoms with Crippen molar-refractivity contribution in [1.29, 1.82) is 0 Å². The molecule has 2 amide bonds. The summed E-state index contributed by atoms with van der Waals surface area (Å²) in [6, 6.07) is 14.3. The van der Waals surface area contributed by atoms with Gasteiger partial charge in [0.25, 0.3) is 5.91 Å². The monoisotopic (exact) mass is 394 g/mol. The second kappa shape index (κ2) is 9.70. The molecule has 1 fully saturated rings. The van der Waals surface area contributed by atoms with Crippen LogP contribution in [0.15, 0.2) is 48.5 Å². The van der Waals surface area contributed by atoms with Crippen molar-refractivity contribution in [2.24, 2.45) is 11.8 Å². The summed E-state index contributed by atoms with van der Waals surface area (Å²) in [7, 11) is 0. The second-order valence-electron chi connectivity index (χ2n) is 8.21. The molecule has 0 aromatic heterocycles. The van der Waals surface area contributed by atoms with Gasteiger partial charge in [-0.25, -0.2) is 0 Å². The minimum absolute atomic E-state index is 0.0468. The Bertz CT molecular complexity index is 841. The predicted octanol–water partition coefficient (Wildman–Crippen LogP) is 4.31. The SMILES string of the molecule is Cc1ccc(C(=O)NC(C(=O)Nc2cccc(COCC3CC3)c2)C(C)C)cc1. The van der Waals surface area contributed by atoms with E-state index in [-0.39, 0.29) is 17.7 Å². The number of hydrogen-bond donors (Lipinski definition) is 2. The highest BCUT2D eigenvalue weighted by molar-refractivity contribution is 6.01. The molecule has 154 valence electrons. The van der Waals surface area contributed by atoms with Crippen molar-refractivity contribution in [3.63, 3.8) is 0 Å². The fraction of sp³-hybridized carbons (Fsp3) is 0.417. The van der Waals surface area contributed by atoms with Gasteiger partial charge in [-0.15, -0.1) is 0 Å². The van der Waals surface area contributed by atoms with Gasteiger partial charge in [-0.3, -0.25) is 9.59 Å². The quantitative estimate of drug-likeness (QED) is 0.666. The average molecular weight is 395 g/mol. The molecule has 0 saturated heterocycles. The van der Waals surface area contributed by atoms with Crippen LogP contribution in [0.3, 0.4) is 0 Å². The first-order valence-corrected chi connectivity index (χ1v) is 10.3. The van der Waals surface area contributed by atoms with Crippen molar-refractivity contribution in [2.75, 3.05) is 11.9 Å². The molecule has 1 aliphatic carbocycles. The Labute approximate surface area is 172 Å². The molecule has 0 aliphatic heterocycles. The van der Waals surface area contributed by atoms with Crippen LogP contribution in [0.25, 0.3) is 0 Å². The van der Waals surface area contributed by atoms with E-state index in [9.17, 15) is 9.59 Å². The summed E-state index contributed by atoms with van der Waals surface area (Å²) < 4.78 is 5.73. The molecule has 0 radical (unpaired) electrons. The lowest BCUT2D eigenvalue weighted by atomic mass is 10.0. The van der Waals surface area contributed by atoms with Gasteiger partial charge in [0.2, 0.25) is 5.91 Å². The molecule has 0 spiro atoms. The number of rotatable bonds is 9. The molecular weight excluding hydrogens is 364 g/mol. The van der Waals surface area contributed by atoms with Gasteiger partial charge in [0.05, 0.1) is 6.61 Å². The molecule has 1 atom stereocenters. The summed E-state index contributed by atoms with van der Waals surface area (Å²) in [4.78, 5) is 25.4. The summed E-state index contributed by atoms with van der Waals surface area (Å²) in [5, 5.41) is 5.80. The van der Waals surface area contributed by atoms with Crippen LogP contribution in [-0.2, 0) is 16.1 Å². The summed E-state index contributed by atoms with van der Waals surface area (Å²) in [5.41, 5.74) is 3.36. The van der Waals surface area contributed by atoms with Crippen LogP contribution < -0.4 is 10.6 Å². The molecule has 0 heterocycles. The van der Waals surface area contributed by atoms with E-state index in [1.807, 2.05) is 57.2 Å². The Morgan fingerprint density at radius 2 is 1.83 bits per heavy atom. The van der Waals surface area contributed by atoms with E-state index < -0.39 is 6.04 Å². The molecule has 5 nitrogen and oxygen atoms in total. The van der Waals surface area contributed by atoms with Crippen molar-refractivity contribution in [3.05, 3.63) is 65.2 Å². The van der Waals surface area contributed by atoms with Crippen molar-refractivity contribution in [1.82, 2.24) is 5.32 Å². The Kier molecular flexibility index (Phi) is 7.04. The van der Waals surface area contributed by atoms with Gasteiger partial charge in [0.1, 0.15) is 6.04 Å². The lowest BCUT2D eigenvalue weighted by Gasteiger charge is -2.22. The number of aryl methyl sites for hydroxylation is 1. The minimum atomic E-state index is -0.626. The van der Waals surface area contributed by atoms with E-state index in [0.29, 0.717) is 17.9 Å². The average Bonchev–Trinajstić information content (AvgIpc) is 3.51. The van der Waals surface area contributed by atoms with Gasteiger partial charge in [0, 0.05) is 17.9 Å². The maximum absolute atomic E-state index is 12.8. The zero-order valence-electron chi connectivity index (χ0n) is 17.4. The molecule has 1 unspecified atom stereocenters. The molecular formula is C24H30N2O3. The number of carbonyl (C=O) groups is 2. The van der Waals surface area contributed by atoms with Gasteiger partial charge >= 0.3 is 0 Å². The summed E-state index contributed by atoms with van der Waals surface area (Å²) >= 11 is 0. The first-order chi connectivity index (χ1) is 13.9. The van der Waals surface area contributed by atoms with Gasteiger partial charge < -0.3 is 15.4 Å². The van der Waals surface area contributed by atoms with E-state index in [1.165, 1.54) is 12.8 Å². The smallest absolute Gasteiger partial charge is 0.251 e. The summed E-state index contributed by atoms with van der Waals surface area (Å²) in [6.45, 7) is 7.15. The molecule has 29 heavy (non-hydrogen) atoms. The maximum Gasteiger partial charge on any atom is 0.251 e. The van der Waals surface area contributed by atoms with Gasteiger partial charge in [0.15, 0.2) is 0 Å². The number of anilines is 1. The fourth-order valence-corrected chi connectivity index (χ4v) is 3.05. The predicted molar refractivity (Wildman–Crippen MR) is 115 cm³/mol. The van der Waals surface area contributed by atoms with Crippen molar-refractivity contribution < 1.29 is 14.3 Å². The molecule has 0 bridgehead atoms. The molecule has 1 aliphatic rings. The van der Waals surface area contributed by atoms with Crippen LogP contribution in [0.4, 0.5) is 5.69 Å². The van der Waals surface area contributed by atoms with Crippen molar-refractivity contribution >= 4 is 17.5 Å². The molecule has 3 rings (SSSR count). The Balaban J connectivity index is 1.60. The Morgan fingerprint density at radius 1 is 1.10 bits per heavy atom. The van der Waals surface area contributed by atoms with Crippen LogP contribution in [-0.4, -0.2) is 24.5 Å². The van der Waals surface area contributed by atoms with Crippen LogP contribution in [0.5, 0.6) is 0 Å². The van der Waals surface area contributed by atoms with Crippen molar-refractivity contribution in [3.8, 4) is 0 Å². The highest BCUT2D eigenvalue weighted by atomic mass is 16.5. The van der Waals surface area contributed by atoms with E-state index in [4.69, 9.17) is 4.74 Å². The van der Waals surface area contributed by atoms with Gasteiger partial charge in [-0.05, 0) is 61.4 Å². The highest BCUT2D eigenvalue weighted by Crippen LogP contribution is 2.29. The normalized spacial score (nSPS) is 14.5. The number of carbonyl (C=O) groups excluding carboxylic acids is 2. The Hall–Kier alpha value is -2.66. The minimum Gasteiger partial charge on any atom is -0.376 e. The molecule has 2 N–H and O–H groups in total. The third-order valence-corrected chi connectivity index (χ3v) is 5.06. The van der Waals surface area contributed by atoms with Crippen LogP contribution in [0, 0.1) is 18.8 Å². The van der Waals surface area contributed by atoms with Gasteiger partial charge in [-0.1, -0.05) is 43.7 Å². The first-order valence-electron chi connectivity index (χ1n) is 10.3. The van der Waals surface area contributed by atoms with Crippen LogP contribution >= 0.6 is 0 Å². The largest absolute Gasteiger partial charge is 0.376 e. The molecule has 5 heteroatoms. The number of amides is 2. The molecule has 2 aromatic rings. The third-order valence-electron chi connectivity index (χ3n) is 5.06. The third kappa shape index (κ3) is 6.43. The lowest BCUT2D eigenvalue weighted by molar-refractivity contribution is -0.118. The van der Waals surface area contributed by atoms with Crippen LogP contribution in [0.2, 0.25) is 0 Å². The Morgan fingerprint density at radius 3 is 2.48 bits per heavy atom. The number of hydrogen-bond acceptors (Lipinski definition) is 3. The second-order valence-corrected chi connectivity index (χ2v) is 8.21. The topological polar surface area (TPSA) is 67.4 Å². The number of nitrogens with one attached hydrogen (secondary N) is 2. The zero-order chi connectivity index (χ0) is 20.8. The van der Waals surface area contributed by atoms with E-state index in [1.54, 1.807) is 12.1 Å². The van der Waals surface area contributed by atoms with Gasteiger partial charge in [-0.2, -0.15) is 0 Å². The van der Waals surface area contributed by atoms with Crippen molar-refractivity contribution in [2.45, 2.75) is 46.3 Å². The van der Waals surface area contributed by atoms with Crippen LogP contribution in [0.1, 0.15) is 48.2 Å². The van der Waals surface area contributed by atoms with E-state index >= 15 is 0 Å². The van der Waals surface area contributed by atoms with E-state index in [2.05, 4.69) is 10.6 Å². The lowest BCUT2D eigenvalue weighted by Crippen LogP contribution is -2.47. The standard InChI is InChI=1S/C24H30N2O3/c1-16(2)22(26-23(27)20-11-7-17(3)8-12-20)24(28)25-21-6-4-5-19(13-21)15-29-14-18-9-10-18/h4-8,11-13,16,18,22H,9-10,14-15H2,1-3H3,(H,25,28)(H,26,27). The zero-order valence-corrected chi connectivity index (χ0v) is 17.4. The number of ether oxygens (including phenoxy) is 1. The highest BCUT2D eigenvalue weighted by Gasteiger charge is 2.25. The first kappa shape index (κ1) is 21.1. The molecule has 2 aromatic carbocycles. The van der Waals surface area contributed by atoms with E-state index in [0.717, 1.165) is 23.7 Å². The summed E-state index contributed by atoms with van der Waals surface area (Å²) in [5.74, 6) is 0.203. The number of benzene rings is 2.